The molecule has 0 heterocycles. The normalized spacial score (nSPS) is 9.76. The molecule has 0 amide bonds. The van der Waals surface area contributed by atoms with Gasteiger partial charge in [-0.3, -0.25) is 4.55 Å². The van der Waals surface area contributed by atoms with E-state index in [1.54, 1.807) is 0 Å². The quantitative estimate of drug-likeness (QED) is 0.440. The molecule has 17 heavy (non-hydrogen) atoms. The van der Waals surface area contributed by atoms with Crippen LogP contribution in [0.4, 0.5) is 0 Å². The molecule has 0 aliphatic heterocycles. The summed E-state index contributed by atoms with van der Waals surface area (Å²) in [5.74, 6) is -1.71. The number of carbonyl (C=O) groups is 1. The van der Waals surface area contributed by atoms with E-state index in [4.69, 9.17) is 4.55 Å². The van der Waals surface area contributed by atoms with Gasteiger partial charge in [-0.25, -0.2) is 0 Å². The van der Waals surface area contributed by atoms with Gasteiger partial charge in [-0.1, -0.05) is 6.07 Å². The number of rotatable bonds is 3. The summed E-state index contributed by atoms with van der Waals surface area (Å²) in [5.41, 5.74) is -0.237. The van der Waals surface area contributed by atoms with Crippen LogP contribution in [0.5, 0.6) is 5.75 Å². The number of carbonyl (C=O) groups excluding carboxylic acids is 1. The molecule has 0 saturated carbocycles. The standard InChI is InChI=1S/C8H8O6S.K.H2O/c1-14-6-4-5(8(9)10)2-3-7(6)15(11,12)13;;/h2-4H,1H3,(H,9,10)(H,11,12,13);;1H2/q;+1;/p-1. The first-order valence-corrected chi connectivity index (χ1v) is 5.17. The van der Waals surface area contributed by atoms with Crippen LogP contribution in [0.25, 0.3) is 0 Å². The number of benzene rings is 1. The smallest absolute Gasteiger partial charge is 0.545 e. The number of carboxylic acid groups (broad SMARTS) is 1. The average Bonchev–Trinajstić information content (AvgIpc) is 2.15. The second-order valence-electron chi connectivity index (χ2n) is 2.63. The van der Waals surface area contributed by atoms with E-state index in [1.165, 1.54) is 0 Å². The Balaban J connectivity index is 0. The minimum atomic E-state index is -4.43. The minimum Gasteiger partial charge on any atom is -0.545 e. The van der Waals surface area contributed by atoms with Gasteiger partial charge in [0.1, 0.15) is 10.6 Å². The molecule has 0 saturated heterocycles. The van der Waals surface area contributed by atoms with Crippen molar-refractivity contribution in [3.63, 3.8) is 0 Å². The van der Waals surface area contributed by atoms with Gasteiger partial charge in [-0.15, -0.1) is 0 Å². The predicted molar refractivity (Wildman–Crippen MR) is 50.8 cm³/mol. The summed E-state index contributed by atoms with van der Waals surface area (Å²) < 4.78 is 35.0. The van der Waals surface area contributed by atoms with Gasteiger partial charge < -0.3 is 20.1 Å². The largest absolute Gasteiger partial charge is 1.00 e. The molecule has 9 heteroatoms. The maximum Gasteiger partial charge on any atom is 1.00 e. The zero-order valence-corrected chi connectivity index (χ0v) is 13.1. The van der Waals surface area contributed by atoms with Gasteiger partial charge in [-0.2, -0.15) is 8.42 Å². The third-order valence-electron chi connectivity index (χ3n) is 1.68. The molecule has 90 valence electrons. The van der Waals surface area contributed by atoms with Crippen molar-refractivity contribution in [1.82, 2.24) is 0 Å². The van der Waals surface area contributed by atoms with Crippen LogP contribution in [0.15, 0.2) is 23.1 Å². The zero-order chi connectivity index (χ0) is 11.6. The molecule has 0 aliphatic carbocycles. The molecule has 0 aromatic heterocycles. The van der Waals surface area contributed by atoms with Gasteiger partial charge in [-0.05, 0) is 12.1 Å². The molecular weight excluding hydrogens is 279 g/mol. The van der Waals surface area contributed by atoms with Gasteiger partial charge in [0.05, 0.1) is 13.1 Å². The van der Waals surface area contributed by atoms with Crippen LogP contribution in [0.1, 0.15) is 10.4 Å². The van der Waals surface area contributed by atoms with Crippen LogP contribution in [0, 0.1) is 0 Å². The monoisotopic (exact) mass is 288 g/mol. The van der Waals surface area contributed by atoms with E-state index in [-0.39, 0.29) is 68.2 Å². The molecule has 0 unspecified atom stereocenters. The minimum absolute atomic E-state index is 0. The summed E-state index contributed by atoms with van der Waals surface area (Å²) >= 11 is 0. The van der Waals surface area contributed by atoms with Crippen LogP contribution < -0.4 is 61.2 Å². The van der Waals surface area contributed by atoms with Crippen molar-refractivity contribution in [2.75, 3.05) is 7.11 Å². The first-order chi connectivity index (χ1) is 6.86. The third-order valence-corrected chi connectivity index (χ3v) is 2.57. The van der Waals surface area contributed by atoms with Gasteiger partial charge in [0.2, 0.25) is 0 Å². The molecule has 0 spiro atoms. The summed E-state index contributed by atoms with van der Waals surface area (Å²) in [4.78, 5) is 9.96. The predicted octanol–water partition coefficient (Wildman–Crippen LogP) is -4.52. The van der Waals surface area contributed by atoms with Crippen molar-refractivity contribution in [2.24, 2.45) is 0 Å². The van der Waals surface area contributed by atoms with Gasteiger partial charge in [0, 0.05) is 5.56 Å². The van der Waals surface area contributed by atoms with Crippen LogP contribution in [0.2, 0.25) is 0 Å². The number of ether oxygens (including phenoxy) is 1. The summed E-state index contributed by atoms with van der Waals surface area (Å²) in [6, 6.07) is 2.89. The van der Waals surface area contributed by atoms with Crippen LogP contribution >= 0.6 is 0 Å². The molecule has 0 fully saturated rings. The molecule has 0 radical (unpaired) electrons. The molecule has 0 bridgehead atoms. The summed E-state index contributed by atoms with van der Waals surface area (Å²) in [6.07, 6.45) is 0. The maximum absolute atomic E-state index is 10.8. The van der Waals surface area contributed by atoms with Gasteiger partial charge in [0.15, 0.2) is 0 Å². The Morgan fingerprint density at radius 3 is 2.29 bits per heavy atom. The first-order valence-electron chi connectivity index (χ1n) is 3.73. The summed E-state index contributed by atoms with van der Waals surface area (Å²) in [6.45, 7) is 0. The first kappa shape index (κ1) is 19.3. The maximum atomic E-state index is 10.8. The molecule has 0 atom stereocenters. The van der Waals surface area contributed by atoms with Crippen molar-refractivity contribution < 1.29 is 84.5 Å². The van der Waals surface area contributed by atoms with Crippen LogP contribution in [-0.2, 0) is 10.1 Å². The Bertz CT molecular complexity index is 497. The Labute approximate surface area is 140 Å². The van der Waals surface area contributed by atoms with Crippen molar-refractivity contribution in [2.45, 2.75) is 4.90 Å². The van der Waals surface area contributed by atoms with Gasteiger partial charge >= 0.3 is 51.4 Å². The Morgan fingerprint density at radius 1 is 1.41 bits per heavy atom. The third kappa shape index (κ3) is 5.02. The van der Waals surface area contributed by atoms with Crippen LogP contribution in [0.3, 0.4) is 0 Å². The van der Waals surface area contributed by atoms with Crippen molar-refractivity contribution in [3.8, 4) is 5.75 Å². The van der Waals surface area contributed by atoms with E-state index < -0.39 is 21.0 Å². The van der Waals surface area contributed by atoms with E-state index in [2.05, 4.69) is 4.74 Å². The van der Waals surface area contributed by atoms with E-state index in [0.717, 1.165) is 25.3 Å². The molecule has 1 aromatic rings. The fraction of sp³-hybridized carbons (Fsp3) is 0.125. The van der Waals surface area contributed by atoms with Gasteiger partial charge in [0.25, 0.3) is 10.1 Å². The molecular formula is C8H9KO7S. The molecule has 7 nitrogen and oxygen atoms in total. The number of aromatic carboxylic acids is 1. The fourth-order valence-corrected chi connectivity index (χ4v) is 1.64. The van der Waals surface area contributed by atoms with Crippen molar-refractivity contribution in [3.05, 3.63) is 23.8 Å². The SMILES string of the molecule is COc1cc(C(=O)[O-])ccc1S(=O)(=O)O.O.[K+]. The topological polar surface area (TPSA) is 135 Å². The molecule has 1 rings (SSSR count). The number of methoxy groups -OCH3 is 1. The van der Waals surface area contributed by atoms with Crippen molar-refractivity contribution in [1.29, 1.82) is 0 Å². The van der Waals surface area contributed by atoms with E-state index in [0.29, 0.717) is 0 Å². The number of carboxylic acids is 1. The van der Waals surface area contributed by atoms with E-state index >= 15 is 0 Å². The van der Waals surface area contributed by atoms with Crippen LogP contribution in [-0.4, -0.2) is 31.5 Å². The zero-order valence-electron chi connectivity index (χ0n) is 9.13. The second-order valence-corrected chi connectivity index (χ2v) is 4.02. The van der Waals surface area contributed by atoms with Crippen molar-refractivity contribution >= 4 is 16.1 Å². The Morgan fingerprint density at radius 2 is 1.94 bits per heavy atom. The molecule has 3 N–H and O–H groups in total. The fourth-order valence-electron chi connectivity index (χ4n) is 1.01. The Hall–Kier alpha value is -0.00364. The van der Waals surface area contributed by atoms with E-state index in [9.17, 15) is 18.3 Å². The summed E-state index contributed by atoms with van der Waals surface area (Å²) in [7, 11) is -3.27. The van der Waals surface area contributed by atoms with E-state index in [1.807, 2.05) is 0 Å². The number of hydrogen-bond donors (Lipinski definition) is 1. The molecule has 0 aliphatic rings. The second kappa shape index (κ2) is 7.44. The molecule has 1 aromatic carbocycles. The summed E-state index contributed by atoms with van der Waals surface area (Å²) in [5, 5.41) is 10.5. The average molecular weight is 288 g/mol. The number of hydrogen-bond acceptors (Lipinski definition) is 5. The Kier molecular flexibility index (Phi) is 8.46.